The highest BCUT2D eigenvalue weighted by Crippen LogP contribution is 2.31. The van der Waals surface area contributed by atoms with Gasteiger partial charge in [0.25, 0.3) is 0 Å². The molecule has 0 aliphatic carbocycles. The molecule has 1 aliphatic heterocycles. The molecule has 9 atom stereocenters. The number of ether oxygens (including phenoxy) is 2. The third-order valence-electron chi connectivity index (χ3n) is 12.6. The lowest BCUT2D eigenvalue weighted by Gasteiger charge is -2.41. The Kier molecular flexibility index (Phi) is 19.4. The first-order valence-electron chi connectivity index (χ1n) is 22.2. The molecule has 0 bridgehead atoms. The van der Waals surface area contributed by atoms with Crippen LogP contribution in [0, 0.1) is 23.7 Å². The van der Waals surface area contributed by atoms with Gasteiger partial charge in [-0.25, -0.2) is 4.98 Å². The minimum absolute atomic E-state index is 0.0305. The molecule has 4 amide bonds. The van der Waals surface area contributed by atoms with Crippen molar-refractivity contribution in [2.24, 2.45) is 23.7 Å². The third kappa shape index (κ3) is 13.1. The van der Waals surface area contributed by atoms with Crippen molar-refractivity contribution in [1.82, 2.24) is 30.3 Å². The standard InChI is InChI=1S/C48H73N7O6S/c1-12-32(6)43(54(9)48(59)41(30(2)3)52-46(58)42(31(4)5)53(8)29-35-20-16-21-36(49)26-35)39(60-10)28-40(56)55-24-17-22-38(55)44(61-11)33(7)45(57)51-37(47-50-23-25-62-47)27-34-18-14-13-15-19-34/h13-16,18-21,23,25-26,30-33,37-39,41-44H,12,17,22,24,27-29,49H2,1-11H3,(H,51,57)(H,52,58)/t32-,33+,37-,38?,39+,41?,42?,43-,44+/m0/s1. The second-order valence-corrected chi connectivity index (χ2v) is 18.7. The van der Waals surface area contributed by atoms with E-state index in [1.54, 1.807) is 32.4 Å². The number of anilines is 1. The number of hydrogen-bond donors (Lipinski definition) is 3. The van der Waals surface area contributed by atoms with E-state index < -0.39 is 36.3 Å². The Balaban J connectivity index is 1.48. The van der Waals surface area contributed by atoms with Crippen LogP contribution >= 0.6 is 11.3 Å². The summed E-state index contributed by atoms with van der Waals surface area (Å²) >= 11 is 1.50. The van der Waals surface area contributed by atoms with E-state index in [0.29, 0.717) is 31.6 Å². The number of thiazole rings is 1. The topological polar surface area (TPSA) is 159 Å². The van der Waals surface area contributed by atoms with Crippen LogP contribution in [-0.4, -0.2) is 115 Å². The van der Waals surface area contributed by atoms with Crippen molar-refractivity contribution in [3.63, 3.8) is 0 Å². The average Bonchev–Trinajstić information content (AvgIpc) is 3.96. The summed E-state index contributed by atoms with van der Waals surface area (Å²) in [5, 5.41) is 9.10. The van der Waals surface area contributed by atoms with Gasteiger partial charge in [0.2, 0.25) is 23.6 Å². The van der Waals surface area contributed by atoms with Crippen LogP contribution in [-0.2, 0) is 41.6 Å². The number of hydrogen-bond acceptors (Lipinski definition) is 10. The summed E-state index contributed by atoms with van der Waals surface area (Å²) in [6.45, 7) is 14.9. The van der Waals surface area contributed by atoms with E-state index in [-0.39, 0.29) is 59.9 Å². The number of aromatic nitrogens is 1. The number of benzene rings is 2. The quantitative estimate of drug-likeness (QED) is 0.0925. The molecular weight excluding hydrogens is 803 g/mol. The highest BCUT2D eigenvalue weighted by Gasteiger charge is 2.43. The monoisotopic (exact) mass is 876 g/mol. The van der Waals surface area contributed by atoms with Crippen LogP contribution in [0.5, 0.6) is 0 Å². The number of rotatable bonds is 23. The SMILES string of the molecule is CC[C@H](C)[C@@H]([C@@H](CC(=O)N1CCCC1[C@H](OC)[C@@H](C)C(=O)N[C@@H](Cc1ccccc1)c1nccs1)OC)N(C)C(=O)C(NC(=O)C(C(C)C)N(C)Cc1cccc(N)c1)C(C)C. The molecule has 1 aromatic heterocycles. The first-order chi connectivity index (χ1) is 29.5. The fraction of sp³-hybridized carbons (Fsp3) is 0.604. The molecule has 3 unspecified atom stereocenters. The number of methoxy groups -OCH3 is 2. The Hall–Kier alpha value is -4.37. The Morgan fingerprint density at radius 1 is 0.919 bits per heavy atom. The lowest BCUT2D eigenvalue weighted by molar-refractivity contribution is -0.148. The number of carbonyl (C=O) groups excluding carboxylic acids is 4. The lowest BCUT2D eigenvalue weighted by atomic mass is 9.89. The number of carbonyl (C=O) groups is 4. The number of nitrogens with zero attached hydrogens (tertiary/aromatic N) is 4. The van der Waals surface area contributed by atoms with Crippen LogP contribution in [0.4, 0.5) is 5.69 Å². The second-order valence-electron chi connectivity index (χ2n) is 17.8. The van der Waals surface area contributed by atoms with E-state index in [2.05, 4.69) is 29.5 Å². The van der Waals surface area contributed by atoms with Gasteiger partial charge in [0.05, 0.1) is 48.7 Å². The molecule has 3 aromatic rings. The molecule has 0 radical (unpaired) electrons. The van der Waals surface area contributed by atoms with E-state index in [4.69, 9.17) is 15.2 Å². The second kappa shape index (κ2) is 23.9. The normalized spacial score (nSPS) is 18.2. The first kappa shape index (κ1) is 50.3. The number of likely N-dealkylation sites (tertiary alicyclic amines) is 1. The van der Waals surface area contributed by atoms with Crippen LogP contribution in [0.15, 0.2) is 66.2 Å². The zero-order valence-corrected chi connectivity index (χ0v) is 39.7. The maximum Gasteiger partial charge on any atom is 0.245 e. The summed E-state index contributed by atoms with van der Waals surface area (Å²) in [4.78, 5) is 67.1. The average molecular weight is 876 g/mol. The summed E-state index contributed by atoms with van der Waals surface area (Å²) in [5.74, 6) is -1.61. The molecule has 4 rings (SSSR count). The van der Waals surface area contributed by atoms with Gasteiger partial charge in [0.1, 0.15) is 11.0 Å². The predicted octanol–water partition coefficient (Wildman–Crippen LogP) is 6.34. The third-order valence-corrected chi connectivity index (χ3v) is 13.5. The van der Waals surface area contributed by atoms with Crippen molar-refractivity contribution in [2.45, 2.75) is 130 Å². The predicted molar refractivity (Wildman–Crippen MR) is 247 cm³/mol. The van der Waals surface area contributed by atoms with E-state index in [9.17, 15) is 19.2 Å². The Bertz CT molecular complexity index is 1860. The molecule has 342 valence electrons. The van der Waals surface area contributed by atoms with E-state index in [1.165, 1.54) is 11.3 Å². The Labute approximate surface area is 374 Å². The summed E-state index contributed by atoms with van der Waals surface area (Å²) in [5.41, 5.74) is 8.78. The molecule has 0 spiro atoms. The van der Waals surface area contributed by atoms with Crippen LogP contribution in [0.2, 0.25) is 0 Å². The van der Waals surface area contributed by atoms with Crippen LogP contribution in [0.1, 0.15) is 96.3 Å². The summed E-state index contributed by atoms with van der Waals surface area (Å²) in [6, 6.07) is 15.2. The summed E-state index contributed by atoms with van der Waals surface area (Å²) in [6.07, 6.45) is 3.37. The molecule has 13 nitrogen and oxygen atoms in total. The molecule has 2 aromatic carbocycles. The van der Waals surface area contributed by atoms with E-state index >= 15 is 0 Å². The molecular formula is C48H73N7O6S. The van der Waals surface area contributed by atoms with Crippen LogP contribution in [0.3, 0.4) is 0 Å². The van der Waals surface area contributed by atoms with Crippen molar-refractivity contribution >= 4 is 40.7 Å². The van der Waals surface area contributed by atoms with Crippen molar-refractivity contribution in [3.05, 3.63) is 82.3 Å². The van der Waals surface area contributed by atoms with Gasteiger partial charge < -0.3 is 35.6 Å². The van der Waals surface area contributed by atoms with Gasteiger partial charge in [-0.05, 0) is 67.3 Å². The van der Waals surface area contributed by atoms with Crippen LogP contribution in [0.25, 0.3) is 0 Å². The van der Waals surface area contributed by atoms with Gasteiger partial charge in [-0.1, -0.05) is 97.4 Å². The number of likely N-dealkylation sites (N-methyl/N-ethyl adjacent to an activating group) is 2. The molecule has 14 heteroatoms. The molecule has 1 aliphatic rings. The molecule has 0 saturated carbocycles. The van der Waals surface area contributed by atoms with Gasteiger partial charge in [0, 0.05) is 51.6 Å². The fourth-order valence-corrected chi connectivity index (χ4v) is 9.82. The zero-order chi connectivity index (χ0) is 45.7. The van der Waals surface area contributed by atoms with Crippen molar-refractivity contribution in [2.75, 3.05) is 40.6 Å². The lowest BCUT2D eigenvalue weighted by Crippen LogP contribution is -2.60. The van der Waals surface area contributed by atoms with Gasteiger partial charge in [-0.15, -0.1) is 11.3 Å². The van der Waals surface area contributed by atoms with Gasteiger partial charge in [-0.3, -0.25) is 24.1 Å². The maximum atomic E-state index is 14.6. The van der Waals surface area contributed by atoms with Gasteiger partial charge >= 0.3 is 0 Å². The number of nitrogens with one attached hydrogen (secondary N) is 2. The minimum Gasteiger partial charge on any atom is -0.399 e. The summed E-state index contributed by atoms with van der Waals surface area (Å²) < 4.78 is 12.2. The molecule has 1 saturated heterocycles. The molecule has 1 fully saturated rings. The first-order valence-corrected chi connectivity index (χ1v) is 23.1. The number of nitrogens with two attached hydrogens (primary N) is 1. The van der Waals surface area contributed by atoms with E-state index in [1.807, 2.05) is 111 Å². The van der Waals surface area contributed by atoms with E-state index in [0.717, 1.165) is 29.0 Å². The molecule has 4 N–H and O–H groups in total. The number of nitrogen functional groups attached to an aromatic ring is 1. The summed E-state index contributed by atoms with van der Waals surface area (Å²) in [7, 11) is 6.84. The fourth-order valence-electron chi connectivity index (χ4n) is 9.13. The van der Waals surface area contributed by atoms with Crippen molar-refractivity contribution < 1.29 is 28.7 Å². The molecule has 62 heavy (non-hydrogen) atoms. The highest BCUT2D eigenvalue weighted by molar-refractivity contribution is 7.09. The largest absolute Gasteiger partial charge is 0.399 e. The van der Waals surface area contributed by atoms with Crippen molar-refractivity contribution in [1.29, 1.82) is 0 Å². The van der Waals surface area contributed by atoms with Crippen LogP contribution < -0.4 is 16.4 Å². The zero-order valence-electron chi connectivity index (χ0n) is 38.9. The highest BCUT2D eigenvalue weighted by atomic mass is 32.1. The molecule has 2 heterocycles. The Morgan fingerprint density at radius 3 is 2.19 bits per heavy atom. The minimum atomic E-state index is -0.810. The maximum absolute atomic E-state index is 14.6. The van der Waals surface area contributed by atoms with Crippen molar-refractivity contribution in [3.8, 4) is 0 Å². The van der Waals surface area contributed by atoms with Gasteiger partial charge in [-0.2, -0.15) is 0 Å². The number of amides is 4. The smallest absolute Gasteiger partial charge is 0.245 e. The Morgan fingerprint density at radius 2 is 1.61 bits per heavy atom. The van der Waals surface area contributed by atoms with Gasteiger partial charge in [0.15, 0.2) is 0 Å².